The molecule has 96 valence electrons. The van der Waals surface area contributed by atoms with Crippen molar-refractivity contribution in [2.24, 2.45) is 5.92 Å². The Morgan fingerprint density at radius 2 is 2.00 bits per heavy atom. The van der Waals surface area contributed by atoms with Crippen LogP contribution in [-0.2, 0) is 6.54 Å². The summed E-state index contributed by atoms with van der Waals surface area (Å²) < 4.78 is 5.52. The minimum atomic E-state index is 0.233. The molecule has 1 unspecified atom stereocenters. The molecule has 0 saturated carbocycles. The molecular formula is C14H23NO2. The quantitative estimate of drug-likeness (QED) is 0.728. The highest BCUT2D eigenvalue weighted by molar-refractivity contribution is 5.27. The standard InChI is InChI=1S/C14H23NO2/c1-3-8-17-14-6-4-13(5-7-14)10-15-9-12(2)11-16/h4-7,12,15-16H,3,8-11H2,1-2H3. The molecule has 0 fully saturated rings. The molecule has 0 saturated heterocycles. The van der Waals surface area contributed by atoms with Gasteiger partial charge in [0.15, 0.2) is 0 Å². The average Bonchev–Trinajstić information content (AvgIpc) is 2.37. The summed E-state index contributed by atoms with van der Waals surface area (Å²) in [6, 6.07) is 8.15. The fourth-order valence-electron chi connectivity index (χ4n) is 1.45. The Bertz CT molecular complexity index is 298. The fraction of sp³-hybridized carbons (Fsp3) is 0.571. The van der Waals surface area contributed by atoms with E-state index in [1.165, 1.54) is 5.56 Å². The Balaban J connectivity index is 2.30. The number of aliphatic hydroxyl groups is 1. The minimum Gasteiger partial charge on any atom is -0.494 e. The lowest BCUT2D eigenvalue weighted by atomic mass is 10.2. The van der Waals surface area contributed by atoms with Gasteiger partial charge in [-0.1, -0.05) is 26.0 Å². The lowest BCUT2D eigenvalue weighted by Gasteiger charge is -2.10. The molecule has 0 aromatic heterocycles. The number of benzene rings is 1. The van der Waals surface area contributed by atoms with E-state index in [2.05, 4.69) is 24.4 Å². The van der Waals surface area contributed by atoms with E-state index >= 15 is 0 Å². The number of nitrogens with one attached hydrogen (secondary N) is 1. The molecule has 0 heterocycles. The molecule has 2 N–H and O–H groups in total. The zero-order valence-corrected chi connectivity index (χ0v) is 10.8. The summed E-state index contributed by atoms with van der Waals surface area (Å²) in [6.45, 7) is 6.79. The van der Waals surface area contributed by atoms with Crippen LogP contribution in [0.3, 0.4) is 0 Å². The summed E-state index contributed by atoms with van der Waals surface area (Å²) in [5, 5.41) is 12.2. The second kappa shape index (κ2) is 8.09. The van der Waals surface area contributed by atoms with Gasteiger partial charge in [0.25, 0.3) is 0 Å². The SMILES string of the molecule is CCCOc1ccc(CNCC(C)CO)cc1. The highest BCUT2D eigenvalue weighted by Crippen LogP contribution is 2.12. The lowest BCUT2D eigenvalue weighted by Crippen LogP contribution is -2.22. The molecule has 0 spiro atoms. The third-order valence-corrected chi connectivity index (χ3v) is 2.53. The van der Waals surface area contributed by atoms with Gasteiger partial charge in [-0.25, -0.2) is 0 Å². The van der Waals surface area contributed by atoms with E-state index < -0.39 is 0 Å². The first kappa shape index (κ1) is 14.0. The summed E-state index contributed by atoms with van der Waals surface area (Å²) in [7, 11) is 0. The second-order valence-corrected chi connectivity index (χ2v) is 4.41. The summed E-state index contributed by atoms with van der Waals surface area (Å²) in [5.41, 5.74) is 1.24. The van der Waals surface area contributed by atoms with E-state index in [1.807, 2.05) is 19.1 Å². The van der Waals surface area contributed by atoms with E-state index in [1.54, 1.807) is 0 Å². The predicted molar refractivity (Wildman–Crippen MR) is 70.2 cm³/mol. The van der Waals surface area contributed by atoms with E-state index in [9.17, 15) is 0 Å². The largest absolute Gasteiger partial charge is 0.494 e. The average molecular weight is 237 g/mol. The van der Waals surface area contributed by atoms with Crippen molar-refractivity contribution in [2.45, 2.75) is 26.8 Å². The molecule has 1 rings (SSSR count). The van der Waals surface area contributed by atoms with Gasteiger partial charge in [-0.3, -0.25) is 0 Å². The molecule has 0 bridgehead atoms. The van der Waals surface area contributed by atoms with Gasteiger partial charge in [0.2, 0.25) is 0 Å². The van der Waals surface area contributed by atoms with E-state index in [4.69, 9.17) is 9.84 Å². The van der Waals surface area contributed by atoms with Crippen LogP contribution in [0.1, 0.15) is 25.8 Å². The zero-order chi connectivity index (χ0) is 12.5. The molecule has 17 heavy (non-hydrogen) atoms. The van der Waals surface area contributed by atoms with Crippen LogP contribution in [0.2, 0.25) is 0 Å². The Morgan fingerprint density at radius 3 is 2.59 bits per heavy atom. The van der Waals surface area contributed by atoms with Crippen LogP contribution in [0.5, 0.6) is 5.75 Å². The van der Waals surface area contributed by atoms with Crippen molar-refractivity contribution in [3.05, 3.63) is 29.8 Å². The van der Waals surface area contributed by atoms with Crippen molar-refractivity contribution in [3.8, 4) is 5.75 Å². The number of rotatable bonds is 8. The monoisotopic (exact) mass is 237 g/mol. The first-order valence-electron chi connectivity index (χ1n) is 6.29. The molecule has 0 aliphatic carbocycles. The van der Waals surface area contributed by atoms with Crippen molar-refractivity contribution >= 4 is 0 Å². The molecular weight excluding hydrogens is 214 g/mol. The molecule has 1 atom stereocenters. The van der Waals surface area contributed by atoms with Gasteiger partial charge in [0, 0.05) is 19.7 Å². The van der Waals surface area contributed by atoms with Gasteiger partial charge >= 0.3 is 0 Å². The molecule has 3 heteroatoms. The smallest absolute Gasteiger partial charge is 0.119 e. The highest BCUT2D eigenvalue weighted by Gasteiger charge is 1.99. The van der Waals surface area contributed by atoms with Crippen LogP contribution in [0.4, 0.5) is 0 Å². The molecule has 0 radical (unpaired) electrons. The van der Waals surface area contributed by atoms with Gasteiger partial charge in [-0.15, -0.1) is 0 Å². The predicted octanol–water partition coefficient (Wildman–Crippen LogP) is 2.19. The summed E-state index contributed by atoms with van der Waals surface area (Å²) in [6.07, 6.45) is 1.03. The Morgan fingerprint density at radius 1 is 1.29 bits per heavy atom. The maximum atomic E-state index is 8.89. The number of hydrogen-bond donors (Lipinski definition) is 2. The van der Waals surface area contributed by atoms with Crippen molar-refractivity contribution in [1.29, 1.82) is 0 Å². The Kier molecular flexibility index (Phi) is 6.67. The Hall–Kier alpha value is -1.06. The zero-order valence-electron chi connectivity index (χ0n) is 10.8. The Labute approximate surface area is 104 Å². The molecule has 0 aliphatic heterocycles. The van der Waals surface area contributed by atoms with E-state index in [0.717, 1.165) is 31.9 Å². The van der Waals surface area contributed by atoms with Gasteiger partial charge in [0.1, 0.15) is 5.75 Å². The van der Waals surface area contributed by atoms with Crippen LogP contribution in [0.25, 0.3) is 0 Å². The molecule has 3 nitrogen and oxygen atoms in total. The summed E-state index contributed by atoms with van der Waals surface area (Å²) in [5.74, 6) is 1.24. The summed E-state index contributed by atoms with van der Waals surface area (Å²) >= 11 is 0. The third kappa shape index (κ3) is 5.71. The van der Waals surface area contributed by atoms with E-state index in [0.29, 0.717) is 5.92 Å². The van der Waals surface area contributed by atoms with Crippen molar-refractivity contribution in [2.75, 3.05) is 19.8 Å². The van der Waals surface area contributed by atoms with Crippen molar-refractivity contribution < 1.29 is 9.84 Å². The second-order valence-electron chi connectivity index (χ2n) is 4.41. The van der Waals surface area contributed by atoms with E-state index in [-0.39, 0.29) is 6.61 Å². The highest BCUT2D eigenvalue weighted by atomic mass is 16.5. The van der Waals surface area contributed by atoms with Crippen molar-refractivity contribution in [1.82, 2.24) is 5.32 Å². The van der Waals surface area contributed by atoms with Crippen LogP contribution >= 0.6 is 0 Å². The molecule has 0 aliphatic rings. The number of hydrogen-bond acceptors (Lipinski definition) is 3. The van der Waals surface area contributed by atoms with Crippen LogP contribution in [-0.4, -0.2) is 24.9 Å². The first-order valence-corrected chi connectivity index (χ1v) is 6.29. The lowest BCUT2D eigenvalue weighted by molar-refractivity contribution is 0.233. The normalized spacial score (nSPS) is 12.4. The first-order chi connectivity index (χ1) is 8.26. The van der Waals surface area contributed by atoms with Crippen LogP contribution in [0.15, 0.2) is 24.3 Å². The maximum Gasteiger partial charge on any atom is 0.119 e. The van der Waals surface area contributed by atoms with Gasteiger partial charge in [-0.05, 0) is 30.0 Å². The van der Waals surface area contributed by atoms with Gasteiger partial charge < -0.3 is 15.2 Å². The number of aliphatic hydroxyl groups excluding tert-OH is 1. The molecule has 1 aromatic rings. The van der Waals surface area contributed by atoms with Crippen molar-refractivity contribution in [3.63, 3.8) is 0 Å². The van der Waals surface area contributed by atoms with Gasteiger partial charge in [-0.2, -0.15) is 0 Å². The minimum absolute atomic E-state index is 0.233. The summed E-state index contributed by atoms with van der Waals surface area (Å²) in [4.78, 5) is 0. The number of ether oxygens (including phenoxy) is 1. The van der Waals surface area contributed by atoms with Gasteiger partial charge in [0.05, 0.1) is 6.61 Å². The topological polar surface area (TPSA) is 41.5 Å². The van der Waals surface area contributed by atoms with Crippen LogP contribution < -0.4 is 10.1 Å². The maximum absolute atomic E-state index is 8.89. The molecule has 0 amide bonds. The fourth-order valence-corrected chi connectivity index (χ4v) is 1.45. The molecule has 1 aromatic carbocycles. The third-order valence-electron chi connectivity index (χ3n) is 2.53. The van der Waals surface area contributed by atoms with Crippen LogP contribution in [0, 0.1) is 5.92 Å².